The Morgan fingerprint density at radius 2 is 1.84 bits per heavy atom. The highest BCUT2D eigenvalue weighted by molar-refractivity contribution is 6.01. The highest BCUT2D eigenvalue weighted by Gasteiger charge is 2.26. The van der Waals surface area contributed by atoms with Gasteiger partial charge >= 0.3 is 0 Å². The quantitative estimate of drug-likeness (QED) is 0.465. The van der Waals surface area contributed by atoms with Crippen LogP contribution in [-0.4, -0.2) is 61.9 Å². The average Bonchev–Trinajstić information content (AvgIpc) is 2.57. The maximum absolute atomic E-state index is 12.5. The number of amidine groups is 1. The zero-order valence-corrected chi connectivity index (χ0v) is 15.5. The van der Waals surface area contributed by atoms with Crippen molar-refractivity contribution < 1.29 is 19.0 Å². The minimum Gasteiger partial charge on any atom is -0.462 e. The number of hydrogen-bond donors (Lipinski definition) is 0. The summed E-state index contributed by atoms with van der Waals surface area (Å²) in [7, 11) is 0. The first-order valence-corrected chi connectivity index (χ1v) is 8.80. The summed E-state index contributed by atoms with van der Waals surface area (Å²) < 4.78 is 16.8. The van der Waals surface area contributed by atoms with Crippen molar-refractivity contribution in [3.63, 3.8) is 0 Å². The summed E-state index contributed by atoms with van der Waals surface area (Å²) in [6.45, 7) is 10.6. The van der Waals surface area contributed by atoms with E-state index in [1.54, 1.807) is 12.1 Å². The largest absolute Gasteiger partial charge is 0.462 e. The van der Waals surface area contributed by atoms with Gasteiger partial charge in [-0.2, -0.15) is 4.99 Å². The molecule has 0 aliphatic carbocycles. The number of aryl methyl sites for hydroxylation is 1. The van der Waals surface area contributed by atoms with Crippen molar-refractivity contribution >= 4 is 11.9 Å². The van der Waals surface area contributed by atoms with Gasteiger partial charge in [0, 0.05) is 25.3 Å². The second-order valence-corrected chi connectivity index (χ2v) is 6.27. The van der Waals surface area contributed by atoms with Crippen LogP contribution in [0.3, 0.4) is 0 Å². The van der Waals surface area contributed by atoms with Crippen LogP contribution < -0.4 is 0 Å². The van der Waals surface area contributed by atoms with Crippen molar-refractivity contribution in [2.24, 2.45) is 4.99 Å². The Morgan fingerprint density at radius 3 is 2.44 bits per heavy atom. The van der Waals surface area contributed by atoms with Gasteiger partial charge in [-0.1, -0.05) is 17.7 Å². The van der Waals surface area contributed by atoms with Gasteiger partial charge in [0.2, 0.25) is 0 Å². The first kappa shape index (κ1) is 19.4. The van der Waals surface area contributed by atoms with E-state index in [0.717, 1.165) is 5.56 Å². The normalized spacial score (nSPS) is 21.3. The number of aliphatic imine (C=N–C) groups is 1. The summed E-state index contributed by atoms with van der Waals surface area (Å²) in [4.78, 5) is 18.7. The monoisotopic (exact) mass is 348 g/mol. The Morgan fingerprint density at radius 1 is 1.20 bits per heavy atom. The molecular weight excluding hydrogens is 320 g/mol. The van der Waals surface area contributed by atoms with Gasteiger partial charge in [0.25, 0.3) is 11.9 Å². The third kappa shape index (κ3) is 6.14. The number of benzene rings is 1. The lowest BCUT2D eigenvalue weighted by Gasteiger charge is -2.36. The molecule has 0 bridgehead atoms. The van der Waals surface area contributed by atoms with Crippen molar-refractivity contribution in [1.82, 2.24) is 4.90 Å². The number of ether oxygens (including phenoxy) is 3. The highest BCUT2D eigenvalue weighted by Crippen LogP contribution is 2.13. The smallest absolute Gasteiger partial charge is 0.295 e. The minimum atomic E-state index is -0.307. The summed E-state index contributed by atoms with van der Waals surface area (Å²) in [6.07, 6.45) is 0.109. The summed E-state index contributed by atoms with van der Waals surface area (Å²) in [5.74, 6) is -0.307. The molecular formula is C19H28N2O4. The van der Waals surface area contributed by atoms with Gasteiger partial charge in [-0.3, -0.25) is 4.79 Å². The van der Waals surface area contributed by atoms with Crippen LogP contribution in [0.15, 0.2) is 29.3 Å². The maximum atomic E-state index is 12.5. The Kier molecular flexibility index (Phi) is 7.40. The molecule has 25 heavy (non-hydrogen) atoms. The Hall–Kier alpha value is -1.92. The van der Waals surface area contributed by atoms with Crippen molar-refractivity contribution in [3.05, 3.63) is 35.4 Å². The second kappa shape index (κ2) is 9.53. The molecule has 1 heterocycles. The van der Waals surface area contributed by atoms with Crippen LogP contribution in [0, 0.1) is 6.92 Å². The zero-order valence-electron chi connectivity index (χ0n) is 15.5. The fraction of sp³-hybridized carbons (Fsp3) is 0.579. The molecule has 2 rings (SSSR count). The Bertz CT molecular complexity index is 576. The van der Waals surface area contributed by atoms with E-state index in [-0.39, 0.29) is 18.1 Å². The number of carbonyl (C=O) groups excluding carboxylic acids is 1. The van der Waals surface area contributed by atoms with Gasteiger partial charge in [0.05, 0.1) is 18.8 Å². The molecule has 1 aromatic carbocycles. The fourth-order valence-corrected chi connectivity index (χ4v) is 2.71. The number of morpholine rings is 1. The lowest BCUT2D eigenvalue weighted by atomic mass is 10.1. The zero-order chi connectivity index (χ0) is 18.2. The topological polar surface area (TPSA) is 60.4 Å². The molecule has 1 aliphatic rings. The van der Waals surface area contributed by atoms with Crippen molar-refractivity contribution in [2.75, 3.05) is 32.9 Å². The van der Waals surface area contributed by atoms with Crippen LogP contribution >= 0.6 is 0 Å². The van der Waals surface area contributed by atoms with E-state index in [4.69, 9.17) is 14.2 Å². The number of hydrogen-bond acceptors (Lipinski definition) is 4. The minimum absolute atomic E-state index is 0.0546. The highest BCUT2D eigenvalue weighted by atomic mass is 16.5. The van der Waals surface area contributed by atoms with Crippen LogP contribution in [0.2, 0.25) is 0 Å². The van der Waals surface area contributed by atoms with E-state index in [9.17, 15) is 4.79 Å². The van der Waals surface area contributed by atoms with E-state index < -0.39 is 0 Å². The molecule has 0 aromatic heterocycles. The van der Waals surface area contributed by atoms with E-state index in [0.29, 0.717) is 44.5 Å². The summed E-state index contributed by atoms with van der Waals surface area (Å²) in [6, 6.07) is 7.70. The molecule has 138 valence electrons. The molecule has 6 nitrogen and oxygen atoms in total. The first-order valence-electron chi connectivity index (χ1n) is 8.80. The molecule has 6 heteroatoms. The van der Waals surface area contributed by atoms with Gasteiger partial charge in [-0.15, -0.1) is 0 Å². The summed E-state index contributed by atoms with van der Waals surface area (Å²) in [5, 5.41) is 0. The predicted octanol–water partition coefficient (Wildman–Crippen LogP) is 2.65. The van der Waals surface area contributed by atoms with Gasteiger partial charge < -0.3 is 19.1 Å². The summed E-state index contributed by atoms with van der Waals surface area (Å²) >= 11 is 0. The van der Waals surface area contributed by atoms with Gasteiger partial charge in [0.1, 0.15) is 6.61 Å². The Labute approximate surface area is 149 Å². The van der Waals surface area contributed by atoms with Gasteiger partial charge in [-0.05, 0) is 39.8 Å². The molecule has 2 unspecified atom stereocenters. The second-order valence-electron chi connectivity index (χ2n) is 6.27. The van der Waals surface area contributed by atoms with Crippen molar-refractivity contribution in [3.8, 4) is 0 Å². The summed E-state index contributed by atoms with van der Waals surface area (Å²) in [5.41, 5.74) is 1.65. The van der Waals surface area contributed by atoms with E-state index in [1.807, 2.05) is 44.7 Å². The SMILES string of the molecule is CCOCCOC(=NC(=O)c1ccc(C)cc1)N1CC(C)OC(C)C1. The lowest BCUT2D eigenvalue weighted by molar-refractivity contribution is -0.0548. The van der Waals surface area contributed by atoms with Gasteiger partial charge in [0.15, 0.2) is 0 Å². The van der Waals surface area contributed by atoms with Crippen molar-refractivity contribution in [1.29, 1.82) is 0 Å². The molecule has 1 aliphatic heterocycles. The molecule has 1 saturated heterocycles. The molecule has 2 atom stereocenters. The number of nitrogens with zero attached hydrogens (tertiary/aromatic N) is 2. The van der Waals surface area contributed by atoms with E-state index in [2.05, 4.69) is 4.99 Å². The van der Waals surface area contributed by atoms with Crippen LogP contribution in [0.4, 0.5) is 0 Å². The van der Waals surface area contributed by atoms with E-state index >= 15 is 0 Å². The number of amides is 1. The number of carbonyl (C=O) groups is 1. The average molecular weight is 348 g/mol. The van der Waals surface area contributed by atoms with Crippen molar-refractivity contribution in [2.45, 2.75) is 39.9 Å². The molecule has 0 N–H and O–H groups in total. The molecule has 0 spiro atoms. The molecule has 1 fully saturated rings. The molecule has 1 amide bonds. The molecule has 0 saturated carbocycles. The van der Waals surface area contributed by atoms with Crippen LogP contribution in [0.25, 0.3) is 0 Å². The predicted molar refractivity (Wildman–Crippen MR) is 97.0 cm³/mol. The van der Waals surface area contributed by atoms with Crippen LogP contribution in [0.1, 0.15) is 36.7 Å². The standard InChI is InChI=1S/C19H28N2O4/c1-5-23-10-11-24-19(21-12-15(3)25-16(4)13-21)20-18(22)17-8-6-14(2)7-9-17/h6-9,15-16H,5,10-13H2,1-4H3. The number of rotatable bonds is 5. The first-order chi connectivity index (χ1) is 12.0. The Balaban J connectivity index is 2.14. The molecule has 0 radical (unpaired) electrons. The molecule has 1 aromatic rings. The lowest BCUT2D eigenvalue weighted by Crippen LogP contribution is -2.49. The third-order valence-electron chi connectivity index (χ3n) is 3.85. The van der Waals surface area contributed by atoms with E-state index in [1.165, 1.54) is 0 Å². The maximum Gasteiger partial charge on any atom is 0.295 e. The fourth-order valence-electron chi connectivity index (χ4n) is 2.71. The van der Waals surface area contributed by atoms with Crippen LogP contribution in [-0.2, 0) is 14.2 Å². The third-order valence-corrected chi connectivity index (χ3v) is 3.85. The van der Waals surface area contributed by atoms with Crippen LogP contribution in [0.5, 0.6) is 0 Å². The van der Waals surface area contributed by atoms with Gasteiger partial charge in [-0.25, -0.2) is 0 Å².